The second-order valence-corrected chi connectivity index (χ2v) is 4.97. The highest BCUT2D eigenvalue weighted by atomic mass is 16.5. The third-order valence-corrected chi connectivity index (χ3v) is 3.35. The predicted molar refractivity (Wildman–Crippen MR) is 70.6 cm³/mol. The maximum absolute atomic E-state index is 11.8. The van der Waals surface area contributed by atoms with E-state index in [0.717, 1.165) is 13.0 Å². The van der Waals surface area contributed by atoms with Gasteiger partial charge in [-0.05, 0) is 25.3 Å². The lowest BCUT2D eigenvalue weighted by Gasteiger charge is -2.24. The molecule has 0 amide bonds. The molecule has 1 aliphatic rings. The minimum Gasteiger partial charge on any atom is -0.465 e. The van der Waals surface area contributed by atoms with Gasteiger partial charge in [0.15, 0.2) is 0 Å². The number of ether oxygens (including phenoxy) is 1. The van der Waals surface area contributed by atoms with Gasteiger partial charge in [0.1, 0.15) is 11.4 Å². The molecule has 1 aromatic heterocycles. The molecule has 0 aliphatic carbocycles. The average molecular weight is 249 g/mol. The highest BCUT2D eigenvalue weighted by Gasteiger charge is 2.30. The lowest BCUT2D eigenvalue weighted by atomic mass is 10.1. The topological polar surface area (TPSA) is 68.5 Å². The van der Waals surface area contributed by atoms with Crippen LogP contribution in [0.5, 0.6) is 0 Å². The first-order valence-corrected chi connectivity index (χ1v) is 6.13. The molecule has 1 aliphatic heterocycles. The maximum atomic E-state index is 11.8. The van der Waals surface area contributed by atoms with Crippen molar-refractivity contribution in [3.8, 4) is 0 Å². The van der Waals surface area contributed by atoms with Crippen molar-refractivity contribution in [2.24, 2.45) is 5.92 Å². The maximum Gasteiger partial charge on any atom is 0.341 e. The Hall–Kier alpha value is -1.78. The van der Waals surface area contributed by atoms with Crippen LogP contribution in [0.15, 0.2) is 12.3 Å². The number of methoxy groups -OCH3 is 1. The van der Waals surface area contributed by atoms with Gasteiger partial charge in [-0.2, -0.15) is 0 Å². The van der Waals surface area contributed by atoms with Gasteiger partial charge in [0.25, 0.3) is 0 Å². The van der Waals surface area contributed by atoms with E-state index in [9.17, 15) is 4.79 Å². The lowest BCUT2D eigenvalue weighted by Crippen LogP contribution is -2.29. The molecule has 2 heterocycles. The fraction of sp³-hybridized carbons (Fsp3) is 0.538. The number of carbonyl (C=O) groups is 1. The quantitative estimate of drug-likeness (QED) is 0.808. The molecule has 2 rings (SSSR count). The summed E-state index contributed by atoms with van der Waals surface area (Å²) >= 11 is 0. The summed E-state index contributed by atoms with van der Waals surface area (Å²) < 4.78 is 4.79. The summed E-state index contributed by atoms with van der Waals surface area (Å²) in [5.41, 5.74) is 6.61. The molecule has 0 bridgehead atoms. The normalized spacial score (nSPS) is 23.2. The number of aromatic nitrogens is 1. The second kappa shape index (κ2) is 4.84. The van der Waals surface area contributed by atoms with Crippen molar-refractivity contribution in [1.82, 2.24) is 4.98 Å². The number of nitrogens with zero attached hydrogens (tertiary/aromatic N) is 2. The number of rotatable bonds is 2. The summed E-state index contributed by atoms with van der Waals surface area (Å²) in [6, 6.07) is 2.00. The van der Waals surface area contributed by atoms with Crippen LogP contribution in [-0.4, -0.2) is 30.6 Å². The zero-order valence-corrected chi connectivity index (χ0v) is 11.0. The smallest absolute Gasteiger partial charge is 0.341 e. The molecule has 2 N–H and O–H groups in total. The summed E-state index contributed by atoms with van der Waals surface area (Å²) in [4.78, 5) is 18.3. The van der Waals surface area contributed by atoms with Gasteiger partial charge in [-0.1, -0.05) is 6.92 Å². The SMILES string of the molecule is COC(=O)c1cc(N)cnc1N1CC(C)CC1C. The van der Waals surface area contributed by atoms with Crippen molar-refractivity contribution in [1.29, 1.82) is 0 Å². The molecule has 1 fully saturated rings. The number of anilines is 2. The predicted octanol–water partition coefficient (Wildman–Crippen LogP) is 1.69. The van der Waals surface area contributed by atoms with Crippen molar-refractivity contribution in [2.75, 3.05) is 24.3 Å². The number of hydrogen-bond donors (Lipinski definition) is 1. The first kappa shape index (κ1) is 12.7. The Balaban J connectivity index is 2.41. The van der Waals surface area contributed by atoms with Crippen LogP contribution in [0.3, 0.4) is 0 Å². The molecular formula is C13H19N3O2. The van der Waals surface area contributed by atoms with Gasteiger partial charge < -0.3 is 15.4 Å². The van der Waals surface area contributed by atoms with Crippen molar-refractivity contribution < 1.29 is 9.53 Å². The zero-order chi connectivity index (χ0) is 13.3. The Morgan fingerprint density at radius 3 is 2.83 bits per heavy atom. The number of pyridine rings is 1. The molecule has 5 heteroatoms. The minimum absolute atomic E-state index is 0.375. The molecule has 0 spiro atoms. The van der Waals surface area contributed by atoms with Gasteiger partial charge in [-0.15, -0.1) is 0 Å². The Bertz CT molecular complexity index is 462. The molecule has 2 atom stereocenters. The highest BCUT2D eigenvalue weighted by Crippen LogP contribution is 2.30. The average Bonchev–Trinajstić information content (AvgIpc) is 2.67. The van der Waals surface area contributed by atoms with Gasteiger partial charge >= 0.3 is 5.97 Å². The van der Waals surface area contributed by atoms with Crippen molar-refractivity contribution in [3.05, 3.63) is 17.8 Å². The fourth-order valence-corrected chi connectivity index (χ4v) is 2.56. The molecule has 2 unspecified atom stereocenters. The minimum atomic E-state index is -0.392. The van der Waals surface area contributed by atoms with E-state index in [1.54, 1.807) is 12.3 Å². The summed E-state index contributed by atoms with van der Waals surface area (Å²) in [5.74, 6) is 0.884. The van der Waals surface area contributed by atoms with Crippen LogP contribution in [0.2, 0.25) is 0 Å². The summed E-state index contributed by atoms with van der Waals surface area (Å²) in [5, 5.41) is 0. The third kappa shape index (κ3) is 2.25. The van der Waals surface area contributed by atoms with Crippen molar-refractivity contribution in [3.63, 3.8) is 0 Å². The Morgan fingerprint density at radius 2 is 2.28 bits per heavy atom. The molecule has 1 saturated heterocycles. The van der Waals surface area contributed by atoms with Crippen LogP contribution in [0.1, 0.15) is 30.6 Å². The van der Waals surface area contributed by atoms with Crippen LogP contribution >= 0.6 is 0 Å². The van der Waals surface area contributed by atoms with Gasteiger partial charge in [-0.25, -0.2) is 9.78 Å². The van der Waals surface area contributed by atoms with E-state index in [0.29, 0.717) is 29.0 Å². The number of esters is 1. The van der Waals surface area contributed by atoms with Crippen LogP contribution in [-0.2, 0) is 4.74 Å². The first-order valence-electron chi connectivity index (χ1n) is 6.13. The van der Waals surface area contributed by atoms with Crippen LogP contribution < -0.4 is 10.6 Å². The van der Waals surface area contributed by atoms with Crippen molar-refractivity contribution in [2.45, 2.75) is 26.3 Å². The highest BCUT2D eigenvalue weighted by molar-refractivity contribution is 5.95. The monoisotopic (exact) mass is 249 g/mol. The molecule has 5 nitrogen and oxygen atoms in total. The largest absolute Gasteiger partial charge is 0.465 e. The van der Waals surface area contributed by atoms with Crippen LogP contribution in [0, 0.1) is 5.92 Å². The fourth-order valence-electron chi connectivity index (χ4n) is 2.56. The van der Waals surface area contributed by atoms with E-state index in [4.69, 9.17) is 10.5 Å². The van der Waals surface area contributed by atoms with E-state index in [2.05, 4.69) is 23.7 Å². The zero-order valence-electron chi connectivity index (χ0n) is 11.0. The number of carbonyl (C=O) groups excluding carboxylic acids is 1. The molecule has 0 saturated carbocycles. The van der Waals surface area contributed by atoms with Crippen LogP contribution in [0.4, 0.5) is 11.5 Å². The van der Waals surface area contributed by atoms with Gasteiger partial charge in [0, 0.05) is 12.6 Å². The third-order valence-electron chi connectivity index (χ3n) is 3.35. The van der Waals surface area contributed by atoms with E-state index >= 15 is 0 Å². The number of hydrogen-bond acceptors (Lipinski definition) is 5. The van der Waals surface area contributed by atoms with E-state index in [-0.39, 0.29) is 0 Å². The van der Waals surface area contributed by atoms with E-state index in [1.165, 1.54) is 7.11 Å². The van der Waals surface area contributed by atoms with Gasteiger partial charge in [-0.3, -0.25) is 0 Å². The molecule has 98 valence electrons. The Labute approximate surface area is 107 Å². The first-order chi connectivity index (χ1) is 8.52. The second-order valence-electron chi connectivity index (χ2n) is 4.97. The van der Waals surface area contributed by atoms with Gasteiger partial charge in [0.05, 0.1) is 19.0 Å². The summed E-state index contributed by atoms with van der Waals surface area (Å²) in [6.45, 7) is 5.25. The van der Waals surface area contributed by atoms with E-state index in [1.807, 2.05) is 0 Å². The number of nitrogen functional groups attached to an aromatic ring is 1. The summed E-state index contributed by atoms with van der Waals surface area (Å²) in [7, 11) is 1.37. The van der Waals surface area contributed by atoms with Crippen LogP contribution in [0.25, 0.3) is 0 Å². The number of nitrogens with two attached hydrogens (primary N) is 1. The Kier molecular flexibility index (Phi) is 3.41. The Morgan fingerprint density at radius 1 is 1.56 bits per heavy atom. The molecule has 1 aromatic rings. The lowest BCUT2D eigenvalue weighted by molar-refractivity contribution is 0.0601. The molecule has 0 aromatic carbocycles. The van der Waals surface area contributed by atoms with Gasteiger partial charge in [0.2, 0.25) is 0 Å². The summed E-state index contributed by atoms with van der Waals surface area (Å²) in [6.07, 6.45) is 2.68. The standard InChI is InChI=1S/C13H19N3O2/c1-8-4-9(2)16(7-8)12-11(13(17)18-3)5-10(14)6-15-12/h5-6,8-9H,4,7,14H2,1-3H3. The van der Waals surface area contributed by atoms with E-state index < -0.39 is 5.97 Å². The molecule has 0 radical (unpaired) electrons. The van der Waals surface area contributed by atoms with Crippen molar-refractivity contribution >= 4 is 17.5 Å². The molecular weight excluding hydrogens is 230 g/mol. The molecule has 18 heavy (non-hydrogen) atoms.